The van der Waals surface area contributed by atoms with Gasteiger partial charge in [-0.2, -0.15) is 0 Å². The van der Waals surface area contributed by atoms with Crippen LogP contribution in [-0.4, -0.2) is 23.1 Å². The predicted molar refractivity (Wildman–Crippen MR) is 91.2 cm³/mol. The van der Waals surface area contributed by atoms with E-state index in [4.69, 9.17) is 4.74 Å². The quantitative estimate of drug-likeness (QED) is 0.339. The topological polar surface area (TPSA) is 63.6 Å². The number of hydrogen-bond acceptors (Lipinski definition) is 3. The van der Waals surface area contributed by atoms with Gasteiger partial charge in [-0.05, 0) is 32.1 Å². The van der Waals surface area contributed by atoms with Gasteiger partial charge in [0.25, 0.3) is 0 Å². The lowest BCUT2D eigenvalue weighted by Gasteiger charge is -2.26. The average molecular weight is 324 g/mol. The lowest BCUT2D eigenvalue weighted by Crippen LogP contribution is -2.34. The fourth-order valence-corrected chi connectivity index (χ4v) is 3.10. The lowest BCUT2D eigenvalue weighted by molar-refractivity contribution is -0.162. The maximum absolute atomic E-state index is 12.3. The second-order valence-electron chi connectivity index (χ2n) is 6.52. The molecule has 4 nitrogen and oxygen atoms in total. The highest BCUT2D eigenvalue weighted by Gasteiger charge is 2.35. The molecule has 0 heterocycles. The first-order chi connectivity index (χ1) is 11.1. The van der Waals surface area contributed by atoms with Gasteiger partial charge in [-0.25, -0.2) is 0 Å². The first-order valence-electron chi connectivity index (χ1n) is 9.18. The minimum atomic E-state index is -0.903. The summed E-state index contributed by atoms with van der Waals surface area (Å²) in [6.07, 6.45) is 13.5. The summed E-state index contributed by atoms with van der Waals surface area (Å²) in [5, 5.41) is 9.25. The van der Waals surface area contributed by atoms with Gasteiger partial charge in [0.1, 0.15) is 6.10 Å². The van der Waals surface area contributed by atoms with Gasteiger partial charge in [-0.15, -0.1) is 0 Å². The molecule has 4 heteroatoms. The normalized spacial score (nSPS) is 21.8. The molecule has 0 amide bonds. The maximum atomic E-state index is 12.3. The number of aliphatic carboxylic acids is 1. The number of ether oxygens (including phenoxy) is 1. The van der Waals surface area contributed by atoms with Crippen molar-refractivity contribution < 1.29 is 19.4 Å². The van der Waals surface area contributed by atoms with Crippen LogP contribution in [0, 0.1) is 11.8 Å². The van der Waals surface area contributed by atoms with Crippen molar-refractivity contribution in [2.24, 2.45) is 11.8 Å². The number of unbranched alkanes of at least 4 members (excludes halogenated alkanes) is 5. The monoisotopic (exact) mass is 324 g/mol. The molecule has 0 aliphatic heterocycles. The minimum absolute atomic E-state index is 0.0750. The Morgan fingerprint density at radius 2 is 1.65 bits per heavy atom. The Bertz CT molecular complexity index is 389. The zero-order valence-corrected chi connectivity index (χ0v) is 14.6. The highest BCUT2D eigenvalue weighted by molar-refractivity contribution is 5.81. The molecule has 0 spiro atoms. The van der Waals surface area contributed by atoms with E-state index in [9.17, 15) is 14.7 Å². The molecule has 1 N–H and O–H groups in total. The number of allylic oxidation sites excluding steroid dienone is 2. The van der Waals surface area contributed by atoms with E-state index in [0.717, 1.165) is 19.3 Å². The summed E-state index contributed by atoms with van der Waals surface area (Å²) in [7, 11) is 0. The summed E-state index contributed by atoms with van der Waals surface area (Å²) in [4.78, 5) is 23.6. The van der Waals surface area contributed by atoms with Crippen LogP contribution in [0.1, 0.15) is 78.1 Å². The van der Waals surface area contributed by atoms with E-state index < -0.39 is 17.8 Å². The Hall–Kier alpha value is -1.32. The molecule has 0 radical (unpaired) electrons. The molecule has 132 valence electrons. The van der Waals surface area contributed by atoms with Crippen molar-refractivity contribution >= 4 is 11.9 Å². The SMILES string of the molecule is CCCCCCCCC(CC)OC(=O)C1CC=CCC1C(=O)O. The van der Waals surface area contributed by atoms with Crippen LogP contribution in [0.25, 0.3) is 0 Å². The minimum Gasteiger partial charge on any atom is -0.481 e. The van der Waals surface area contributed by atoms with Crippen molar-refractivity contribution in [3.05, 3.63) is 12.2 Å². The van der Waals surface area contributed by atoms with Crippen LogP contribution in [0.15, 0.2) is 12.2 Å². The summed E-state index contributed by atoms with van der Waals surface area (Å²) in [5.41, 5.74) is 0. The van der Waals surface area contributed by atoms with Crippen LogP contribution in [-0.2, 0) is 14.3 Å². The standard InChI is InChI=1S/C19H32O4/c1-3-5-6-7-8-9-12-15(4-2)23-19(22)17-14-11-10-13-16(17)18(20)21/h10-11,15-17H,3-9,12-14H2,1-2H3,(H,20,21). The Morgan fingerprint density at radius 1 is 1.04 bits per heavy atom. The van der Waals surface area contributed by atoms with Gasteiger partial charge in [0.05, 0.1) is 11.8 Å². The molecule has 3 unspecified atom stereocenters. The van der Waals surface area contributed by atoms with Crippen molar-refractivity contribution in [2.45, 2.75) is 84.2 Å². The first kappa shape index (κ1) is 19.7. The summed E-state index contributed by atoms with van der Waals surface area (Å²) in [6.45, 7) is 4.22. The molecular weight excluding hydrogens is 292 g/mol. The number of carbonyl (C=O) groups excluding carboxylic acids is 1. The van der Waals surface area contributed by atoms with Crippen molar-refractivity contribution in [1.29, 1.82) is 0 Å². The van der Waals surface area contributed by atoms with Crippen molar-refractivity contribution in [2.75, 3.05) is 0 Å². The van der Waals surface area contributed by atoms with E-state index in [0.29, 0.717) is 12.8 Å². The Kier molecular flexibility index (Phi) is 9.65. The van der Waals surface area contributed by atoms with Crippen LogP contribution in [0.5, 0.6) is 0 Å². The third kappa shape index (κ3) is 7.19. The second kappa shape index (κ2) is 11.3. The van der Waals surface area contributed by atoms with Crippen molar-refractivity contribution in [1.82, 2.24) is 0 Å². The van der Waals surface area contributed by atoms with Crippen molar-refractivity contribution in [3.63, 3.8) is 0 Å². The smallest absolute Gasteiger partial charge is 0.310 e. The maximum Gasteiger partial charge on any atom is 0.310 e. The molecule has 23 heavy (non-hydrogen) atoms. The van der Waals surface area contributed by atoms with Crippen LogP contribution >= 0.6 is 0 Å². The molecule has 0 aromatic rings. The molecule has 1 rings (SSSR count). The molecular formula is C19H32O4. The van der Waals surface area contributed by atoms with Gasteiger partial charge in [-0.3, -0.25) is 9.59 Å². The molecule has 3 atom stereocenters. The van der Waals surface area contributed by atoms with E-state index in [1.165, 1.54) is 32.1 Å². The number of carbonyl (C=O) groups is 2. The number of esters is 1. The third-order valence-electron chi connectivity index (χ3n) is 4.67. The number of carboxylic acid groups (broad SMARTS) is 1. The van der Waals surface area contributed by atoms with E-state index in [1.54, 1.807) is 0 Å². The molecule has 0 saturated carbocycles. The largest absolute Gasteiger partial charge is 0.481 e. The lowest BCUT2D eigenvalue weighted by atomic mass is 9.83. The van der Waals surface area contributed by atoms with E-state index in [-0.39, 0.29) is 12.1 Å². The predicted octanol–water partition coefficient (Wildman–Crippen LogP) is 4.73. The molecule has 0 saturated heterocycles. The van der Waals surface area contributed by atoms with Crippen LogP contribution in [0.2, 0.25) is 0 Å². The highest BCUT2D eigenvalue weighted by Crippen LogP contribution is 2.28. The van der Waals surface area contributed by atoms with Gasteiger partial charge < -0.3 is 9.84 Å². The van der Waals surface area contributed by atoms with Crippen LogP contribution in [0.4, 0.5) is 0 Å². The number of hydrogen-bond donors (Lipinski definition) is 1. The first-order valence-corrected chi connectivity index (χ1v) is 9.18. The van der Waals surface area contributed by atoms with E-state index in [2.05, 4.69) is 6.92 Å². The zero-order chi connectivity index (χ0) is 17.1. The summed E-state index contributed by atoms with van der Waals surface area (Å²) in [5.74, 6) is -2.41. The van der Waals surface area contributed by atoms with Crippen molar-refractivity contribution in [3.8, 4) is 0 Å². The fourth-order valence-electron chi connectivity index (χ4n) is 3.10. The Labute approximate surface area is 140 Å². The second-order valence-corrected chi connectivity index (χ2v) is 6.52. The van der Waals surface area contributed by atoms with Gasteiger partial charge in [0.15, 0.2) is 0 Å². The molecule has 0 aromatic heterocycles. The van der Waals surface area contributed by atoms with Crippen LogP contribution in [0.3, 0.4) is 0 Å². The fraction of sp³-hybridized carbons (Fsp3) is 0.789. The molecule has 0 bridgehead atoms. The van der Waals surface area contributed by atoms with E-state index >= 15 is 0 Å². The Morgan fingerprint density at radius 3 is 2.26 bits per heavy atom. The number of carboxylic acids is 1. The summed E-state index contributed by atoms with van der Waals surface area (Å²) >= 11 is 0. The Balaban J connectivity index is 2.37. The summed E-state index contributed by atoms with van der Waals surface area (Å²) < 4.78 is 5.61. The average Bonchev–Trinajstić information content (AvgIpc) is 2.56. The van der Waals surface area contributed by atoms with E-state index in [1.807, 2.05) is 19.1 Å². The number of rotatable bonds is 11. The molecule has 0 aromatic carbocycles. The van der Waals surface area contributed by atoms with Crippen LogP contribution < -0.4 is 0 Å². The molecule has 1 aliphatic carbocycles. The van der Waals surface area contributed by atoms with Gasteiger partial charge in [-0.1, -0.05) is 58.1 Å². The highest BCUT2D eigenvalue weighted by atomic mass is 16.5. The zero-order valence-electron chi connectivity index (χ0n) is 14.6. The van der Waals surface area contributed by atoms with Gasteiger partial charge in [0.2, 0.25) is 0 Å². The third-order valence-corrected chi connectivity index (χ3v) is 4.67. The van der Waals surface area contributed by atoms with Gasteiger partial charge in [0, 0.05) is 0 Å². The summed E-state index contributed by atoms with van der Waals surface area (Å²) in [6, 6.07) is 0. The van der Waals surface area contributed by atoms with Gasteiger partial charge >= 0.3 is 11.9 Å². The molecule has 0 fully saturated rings. The molecule has 1 aliphatic rings.